The Morgan fingerprint density at radius 2 is 2.00 bits per heavy atom. The third kappa shape index (κ3) is 5.67. The van der Waals surface area contributed by atoms with Crippen LogP contribution in [-0.4, -0.2) is 12.6 Å². The van der Waals surface area contributed by atoms with Crippen molar-refractivity contribution in [3.05, 3.63) is 0 Å². The molecule has 0 saturated heterocycles. The fourth-order valence-electron chi connectivity index (χ4n) is 1.04. The molecule has 0 aromatic heterocycles. The van der Waals surface area contributed by atoms with Gasteiger partial charge in [-0.05, 0) is 30.6 Å². The van der Waals surface area contributed by atoms with Crippen molar-refractivity contribution >= 4 is 5.97 Å². The third-order valence-corrected chi connectivity index (χ3v) is 2.26. The first-order chi connectivity index (χ1) is 5.97. The lowest BCUT2D eigenvalue weighted by molar-refractivity contribution is -0.144. The lowest BCUT2D eigenvalue weighted by Crippen LogP contribution is -2.12. The van der Waals surface area contributed by atoms with Crippen LogP contribution in [0.3, 0.4) is 0 Å². The maximum atomic E-state index is 11.2. The average Bonchev–Trinajstić information content (AvgIpc) is 2.78. The number of hydrogen-bond donors (Lipinski definition) is 0. The summed E-state index contributed by atoms with van der Waals surface area (Å²) in [7, 11) is 0. The Labute approximate surface area is 80.7 Å². The van der Waals surface area contributed by atoms with Gasteiger partial charge < -0.3 is 4.74 Å². The fraction of sp³-hybridized carbons (Fsp3) is 0.909. The first-order valence-electron chi connectivity index (χ1n) is 5.13. The van der Waals surface area contributed by atoms with Crippen LogP contribution >= 0.6 is 0 Å². The van der Waals surface area contributed by atoms with Crippen molar-refractivity contribution in [3.8, 4) is 0 Å². The number of esters is 1. The van der Waals surface area contributed by atoms with Gasteiger partial charge in [-0.15, -0.1) is 0 Å². The summed E-state index contributed by atoms with van der Waals surface area (Å²) in [5.41, 5.74) is 0.235. The van der Waals surface area contributed by atoms with Crippen molar-refractivity contribution in [1.82, 2.24) is 0 Å². The molecule has 0 atom stereocenters. The summed E-state index contributed by atoms with van der Waals surface area (Å²) in [6.07, 6.45) is 3.96. The predicted octanol–water partition coefficient (Wildman–Crippen LogP) is 2.77. The summed E-state index contributed by atoms with van der Waals surface area (Å²) in [5, 5.41) is 0. The maximum absolute atomic E-state index is 11.2. The van der Waals surface area contributed by atoms with Gasteiger partial charge in [-0.25, -0.2) is 0 Å². The van der Waals surface area contributed by atoms with E-state index in [9.17, 15) is 4.79 Å². The molecule has 0 aromatic carbocycles. The molecule has 0 radical (unpaired) electrons. The van der Waals surface area contributed by atoms with Crippen molar-refractivity contribution in [2.75, 3.05) is 6.61 Å². The van der Waals surface area contributed by atoms with Crippen molar-refractivity contribution < 1.29 is 9.53 Å². The molecule has 0 N–H and O–H groups in total. The molecular formula is C11H20O2. The Bertz CT molecular complexity index is 175. The SMILES string of the molecule is CC(C)(C)CCC(=O)OCC1CC1. The normalized spacial score (nSPS) is 17.2. The van der Waals surface area contributed by atoms with Gasteiger partial charge in [-0.1, -0.05) is 20.8 Å². The van der Waals surface area contributed by atoms with Crippen LogP contribution in [0.4, 0.5) is 0 Å². The lowest BCUT2D eigenvalue weighted by atomic mass is 9.91. The minimum absolute atomic E-state index is 0.0261. The molecule has 1 aliphatic rings. The molecule has 0 spiro atoms. The van der Waals surface area contributed by atoms with Gasteiger partial charge >= 0.3 is 5.97 Å². The zero-order valence-corrected chi connectivity index (χ0v) is 8.93. The van der Waals surface area contributed by atoms with Crippen LogP contribution in [-0.2, 0) is 9.53 Å². The van der Waals surface area contributed by atoms with E-state index in [2.05, 4.69) is 20.8 Å². The molecule has 0 amide bonds. The first kappa shape index (κ1) is 10.6. The number of hydrogen-bond acceptors (Lipinski definition) is 2. The van der Waals surface area contributed by atoms with Crippen LogP contribution in [0.1, 0.15) is 46.5 Å². The van der Waals surface area contributed by atoms with Crippen LogP contribution in [0, 0.1) is 11.3 Å². The van der Waals surface area contributed by atoms with Crippen molar-refractivity contribution in [2.45, 2.75) is 46.5 Å². The van der Waals surface area contributed by atoms with E-state index >= 15 is 0 Å². The van der Waals surface area contributed by atoms with E-state index in [1.807, 2.05) is 0 Å². The third-order valence-electron chi connectivity index (χ3n) is 2.26. The Morgan fingerprint density at radius 3 is 2.46 bits per heavy atom. The second-order valence-corrected chi connectivity index (χ2v) is 5.19. The van der Waals surface area contributed by atoms with E-state index in [1.54, 1.807) is 0 Å². The Morgan fingerprint density at radius 1 is 1.38 bits per heavy atom. The van der Waals surface area contributed by atoms with Gasteiger partial charge in [0, 0.05) is 6.42 Å². The standard InChI is InChI=1S/C11H20O2/c1-11(2,3)7-6-10(12)13-8-9-4-5-9/h9H,4-8H2,1-3H3. The van der Waals surface area contributed by atoms with E-state index in [-0.39, 0.29) is 11.4 Å². The maximum Gasteiger partial charge on any atom is 0.305 e. The Hall–Kier alpha value is -0.530. The Balaban J connectivity index is 2.03. The molecule has 13 heavy (non-hydrogen) atoms. The highest BCUT2D eigenvalue weighted by molar-refractivity contribution is 5.69. The molecule has 0 aromatic rings. The van der Waals surface area contributed by atoms with Gasteiger partial charge in [0.1, 0.15) is 0 Å². The van der Waals surface area contributed by atoms with Gasteiger partial charge in [-0.2, -0.15) is 0 Å². The average molecular weight is 184 g/mol. The molecule has 2 heteroatoms. The minimum atomic E-state index is -0.0261. The topological polar surface area (TPSA) is 26.3 Å². The zero-order valence-electron chi connectivity index (χ0n) is 8.93. The van der Waals surface area contributed by atoms with Crippen molar-refractivity contribution in [3.63, 3.8) is 0 Å². The molecule has 0 heterocycles. The van der Waals surface area contributed by atoms with Crippen LogP contribution < -0.4 is 0 Å². The number of carbonyl (C=O) groups is 1. The highest BCUT2D eigenvalue weighted by Gasteiger charge is 2.23. The molecule has 1 fully saturated rings. The molecular weight excluding hydrogens is 164 g/mol. The minimum Gasteiger partial charge on any atom is -0.465 e. The molecule has 0 aliphatic heterocycles. The smallest absolute Gasteiger partial charge is 0.305 e. The van der Waals surface area contributed by atoms with E-state index in [0.29, 0.717) is 18.9 Å². The molecule has 76 valence electrons. The summed E-state index contributed by atoms with van der Waals surface area (Å²) in [5.74, 6) is 0.653. The van der Waals surface area contributed by atoms with Gasteiger partial charge in [0.2, 0.25) is 0 Å². The molecule has 0 unspecified atom stereocenters. The van der Waals surface area contributed by atoms with Crippen molar-refractivity contribution in [1.29, 1.82) is 0 Å². The number of rotatable bonds is 4. The number of carbonyl (C=O) groups excluding carboxylic acids is 1. The monoisotopic (exact) mass is 184 g/mol. The number of ether oxygens (including phenoxy) is 1. The summed E-state index contributed by atoms with van der Waals surface area (Å²) in [6.45, 7) is 7.08. The predicted molar refractivity (Wildman–Crippen MR) is 52.4 cm³/mol. The summed E-state index contributed by atoms with van der Waals surface area (Å²) >= 11 is 0. The second kappa shape index (κ2) is 4.12. The summed E-state index contributed by atoms with van der Waals surface area (Å²) in [4.78, 5) is 11.2. The van der Waals surface area contributed by atoms with Gasteiger partial charge in [0.25, 0.3) is 0 Å². The van der Waals surface area contributed by atoms with Crippen LogP contribution in [0.15, 0.2) is 0 Å². The Kier molecular flexibility index (Phi) is 3.34. The van der Waals surface area contributed by atoms with Crippen LogP contribution in [0.5, 0.6) is 0 Å². The highest BCUT2D eigenvalue weighted by Crippen LogP contribution is 2.29. The van der Waals surface area contributed by atoms with Crippen molar-refractivity contribution in [2.24, 2.45) is 11.3 Å². The van der Waals surface area contributed by atoms with Crippen LogP contribution in [0.2, 0.25) is 0 Å². The fourth-order valence-corrected chi connectivity index (χ4v) is 1.04. The zero-order chi connectivity index (χ0) is 9.90. The molecule has 0 bridgehead atoms. The summed E-state index contributed by atoms with van der Waals surface area (Å²) in [6, 6.07) is 0. The molecule has 1 saturated carbocycles. The lowest BCUT2D eigenvalue weighted by Gasteiger charge is -2.16. The molecule has 2 nitrogen and oxygen atoms in total. The van der Waals surface area contributed by atoms with E-state index < -0.39 is 0 Å². The van der Waals surface area contributed by atoms with Gasteiger partial charge in [-0.3, -0.25) is 4.79 Å². The first-order valence-corrected chi connectivity index (χ1v) is 5.13. The van der Waals surface area contributed by atoms with E-state index in [4.69, 9.17) is 4.74 Å². The van der Waals surface area contributed by atoms with E-state index in [1.165, 1.54) is 12.8 Å². The molecule has 1 aliphatic carbocycles. The quantitative estimate of drug-likeness (QED) is 0.628. The second-order valence-electron chi connectivity index (χ2n) is 5.19. The molecule has 1 rings (SSSR count). The van der Waals surface area contributed by atoms with Gasteiger partial charge in [0.05, 0.1) is 6.61 Å². The van der Waals surface area contributed by atoms with Crippen LogP contribution in [0.25, 0.3) is 0 Å². The van der Waals surface area contributed by atoms with Gasteiger partial charge in [0.15, 0.2) is 0 Å². The largest absolute Gasteiger partial charge is 0.465 e. The highest BCUT2D eigenvalue weighted by atomic mass is 16.5. The summed E-state index contributed by atoms with van der Waals surface area (Å²) < 4.78 is 5.12. The van der Waals surface area contributed by atoms with E-state index in [0.717, 1.165) is 6.42 Å².